The van der Waals surface area contributed by atoms with Gasteiger partial charge in [-0.25, -0.2) is 0 Å². The van der Waals surface area contributed by atoms with Crippen LogP contribution in [-0.2, 0) is 9.59 Å². The van der Waals surface area contributed by atoms with E-state index in [-0.39, 0.29) is 24.4 Å². The van der Waals surface area contributed by atoms with E-state index in [9.17, 15) is 9.59 Å². The summed E-state index contributed by atoms with van der Waals surface area (Å²) in [6.07, 6.45) is 3.59. The Balaban J connectivity index is 2.54. The Morgan fingerprint density at radius 3 is 2.93 bits per heavy atom. The van der Waals surface area contributed by atoms with Crippen molar-refractivity contribution in [3.05, 3.63) is 6.42 Å². The van der Waals surface area contributed by atoms with Gasteiger partial charge in [0, 0.05) is 7.05 Å². The first-order valence-electron chi connectivity index (χ1n) is 4.70. The van der Waals surface area contributed by atoms with Crippen molar-refractivity contribution in [3.8, 4) is 0 Å². The molecule has 1 rings (SSSR count). The molecule has 1 heterocycles. The molecule has 0 saturated carbocycles. The lowest BCUT2D eigenvalue weighted by atomic mass is 10.0. The third-order valence-electron chi connectivity index (χ3n) is 2.41. The number of likely N-dealkylation sites (tertiary alicyclic amines) is 1. The van der Waals surface area contributed by atoms with E-state index in [0.29, 0.717) is 6.42 Å². The molecule has 1 aliphatic rings. The van der Waals surface area contributed by atoms with Crippen LogP contribution in [0.25, 0.3) is 0 Å². The zero-order valence-electron chi connectivity index (χ0n) is 8.32. The van der Waals surface area contributed by atoms with Gasteiger partial charge in [0.25, 0.3) is 0 Å². The number of carbonyl (C=O) groups is 2. The molecule has 5 heteroatoms. The number of amides is 2. The van der Waals surface area contributed by atoms with Gasteiger partial charge in [0.2, 0.25) is 11.8 Å². The average molecular weight is 198 g/mol. The second kappa shape index (κ2) is 4.95. The van der Waals surface area contributed by atoms with E-state index in [0.717, 1.165) is 13.0 Å². The average Bonchev–Trinajstić information content (AvgIpc) is 2.18. The van der Waals surface area contributed by atoms with E-state index in [1.165, 1.54) is 0 Å². The molecule has 79 valence electrons. The number of nitrogens with zero attached hydrogens (tertiary/aromatic N) is 1. The maximum atomic E-state index is 11.1. The van der Waals surface area contributed by atoms with Gasteiger partial charge >= 0.3 is 0 Å². The van der Waals surface area contributed by atoms with E-state index in [1.807, 2.05) is 11.3 Å². The van der Waals surface area contributed by atoms with Gasteiger partial charge in [-0.1, -0.05) is 0 Å². The van der Waals surface area contributed by atoms with Crippen molar-refractivity contribution in [1.29, 1.82) is 0 Å². The van der Waals surface area contributed by atoms with E-state index < -0.39 is 0 Å². The maximum Gasteiger partial charge on any atom is 0.234 e. The molecule has 5 nitrogen and oxygen atoms in total. The first-order valence-corrected chi connectivity index (χ1v) is 4.70. The summed E-state index contributed by atoms with van der Waals surface area (Å²) < 4.78 is 0. The van der Waals surface area contributed by atoms with Crippen molar-refractivity contribution >= 4 is 11.8 Å². The highest BCUT2D eigenvalue weighted by Gasteiger charge is 2.27. The standard InChI is InChI=1S/C9H16N3O2/c1-11-8(13)6-12-5-3-2-4-7(12)9(10)14/h2,7H,3-6H2,1H3,(H2,10,14)(H,11,13). The van der Waals surface area contributed by atoms with Gasteiger partial charge in [-0.15, -0.1) is 0 Å². The van der Waals surface area contributed by atoms with Crippen LogP contribution >= 0.6 is 0 Å². The Labute approximate surface area is 83.6 Å². The van der Waals surface area contributed by atoms with E-state index in [1.54, 1.807) is 7.05 Å². The van der Waals surface area contributed by atoms with Crippen molar-refractivity contribution in [2.75, 3.05) is 20.1 Å². The quantitative estimate of drug-likeness (QED) is 0.603. The summed E-state index contributed by atoms with van der Waals surface area (Å²) in [7, 11) is 1.58. The molecule has 0 aliphatic carbocycles. The summed E-state index contributed by atoms with van der Waals surface area (Å²) in [4.78, 5) is 24.0. The van der Waals surface area contributed by atoms with Gasteiger partial charge in [0.1, 0.15) is 0 Å². The molecular formula is C9H16N3O2. The summed E-state index contributed by atoms with van der Waals surface area (Å²) >= 11 is 0. The van der Waals surface area contributed by atoms with Gasteiger partial charge in [-0.05, 0) is 25.8 Å². The molecule has 1 unspecified atom stereocenters. The lowest BCUT2D eigenvalue weighted by Crippen LogP contribution is -2.50. The van der Waals surface area contributed by atoms with E-state index in [4.69, 9.17) is 5.73 Å². The molecule has 1 aliphatic heterocycles. The number of nitrogens with two attached hydrogens (primary N) is 1. The van der Waals surface area contributed by atoms with Crippen LogP contribution in [0, 0.1) is 6.42 Å². The fourth-order valence-corrected chi connectivity index (χ4v) is 1.59. The third-order valence-corrected chi connectivity index (χ3v) is 2.41. The molecule has 1 radical (unpaired) electrons. The summed E-state index contributed by atoms with van der Waals surface area (Å²) in [5, 5.41) is 2.53. The Kier molecular flexibility index (Phi) is 3.88. The highest BCUT2D eigenvalue weighted by molar-refractivity contribution is 5.82. The van der Waals surface area contributed by atoms with Gasteiger partial charge in [0.15, 0.2) is 0 Å². The molecule has 0 aromatic carbocycles. The number of hydrogen-bond donors (Lipinski definition) is 2. The van der Waals surface area contributed by atoms with Crippen molar-refractivity contribution < 1.29 is 9.59 Å². The van der Waals surface area contributed by atoms with Crippen LogP contribution in [0.5, 0.6) is 0 Å². The van der Waals surface area contributed by atoms with E-state index in [2.05, 4.69) is 5.32 Å². The second-order valence-electron chi connectivity index (χ2n) is 3.37. The van der Waals surface area contributed by atoms with Gasteiger partial charge in [-0.3, -0.25) is 14.5 Å². The minimum Gasteiger partial charge on any atom is -0.368 e. The summed E-state index contributed by atoms with van der Waals surface area (Å²) in [6, 6.07) is -0.318. The highest BCUT2D eigenvalue weighted by Crippen LogP contribution is 2.15. The van der Waals surface area contributed by atoms with Crippen molar-refractivity contribution in [2.24, 2.45) is 5.73 Å². The largest absolute Gasteiger partial charge is 0.368 e. The minimum atomic E-state index is -0.357. The second-order valence-corrected chi connectivity index (χ2v) is 3.37. The normalized spacial score (nSPS) is 23.1. The summed E-state index contributed by atoms with van der Waals surface area (Å²) in [5.41, 5.74) is 5.24. The minimum absolute atomic E-state index is 0.0850. The van der Waals surface area contributed by atoms with Gasteiger partial charge < -0.3 is 11.1 Å². The molecule has 0 aromatic heterocycles. The Morgan fingerprint density at radius 1 is 1.64 bits per heavy atom. The molecule has 3 N–H and O–H groups in total. The number of nitrogens with one attached hydrogen (secondary N) is 1. The van der Waals surface area contributed by atoms with Gasteiger partial charge in [0.05, 0.1) is 12.6 Å². The Morgan fingerprint density at radius 2 is 2.36 bits per heavy atom. The monoisotopic (exact) mass is 198 g/mol. The van der Waals surface area contributed by atoms with Crippen molar-refractivity contribution in [1.82, 2.24) is 10.2 Å². The number of hydrogen-bond acceptors (Lipinski definition) is 3. The molecule has 1 atom stereocenters. The fourth-order valence-electron chi connectivity index (χ4n) is 1.59. The molecule has 0 spiro atoms. The molecule has 1 saturated heterocycles. The number of piperidine rings is 1. The molecule has 14 heavy (non-hydrogen) atoms. The van der Waals surface area contributed by atoms with Gasteiger partial charge in [-0.2, -0.15) is 0 Å². The fraction of sp³-hybridized carbons (Fsp3) is 0.667. The predicted molar refractivity (Wildman–Crippen MR) is 52.2 cm³/mol. The Bertz CT molecular complexity index is 230. The third kappa shape index (κ3) is 2.70. The predicted octanol–water partition coefficient (Wildman–Crippen LogP) is -1.11. The lowest BCUT2D eigenvalue weighted by molar-refractivity contribution is -0.127. The zero-order valence-corrected chi connectivity index (χ0v) is 8.32. The highest BCUT2D eigenvalue weighted by atomic mass is 16.2. The molecule has 2 amide bonds. The molecule has 0 bridgehead atoms. The van der Waals surface area contributed by atoms with Crippen LogP contribution < -0.4 is 11.1 Å². The maximum absolute atomic E-state index is 11.1. The first-order chi connectivity index (χ1) is 6.65. The number of primary amides is 1. The summed E-state index contributed by atoms with van der Waals surface area (Å²) in [5.74, 6) is -0.442. The molecule has 0 aromatic rings. The van der Waals surface area contributed by atoms with E-state index >= 15 is 0 Å². The topological polar surface area (TPSA) is 75.4 Å². The molecule has 1 fully saturated rings. The van der Waals surface area contributed by atoms with Crippen LogP contribution in [0.4, 0.5) is 0 Å². The smallest absolute Gasteiger partial charge is 0.234 e. The van der Waals surface area contributed by atoms with Crippen LogP contribution in [0.2, 0.25) is 0 Å². The van der Waals surface area contributed by atoms with Crippen molar-refractivity contribution in [2.45, 2.75) is 18.9 Å². The van der Waals surface area contributed by atoms with Crippen LogP contribution in [0.15, 0.2) is 0 Å². The SMILES string of the molecule is CNC(=O)CN1CC[CH]CC1C(N)=O. The zero-order chi connectivity index (χ0) is 10.6. The number of likely N-dealkylation sites (N-methyl/N-ethyl adjacent to an activating group) is 1. The molecular weight excluding hydrogens is 182 g/mol. The number of rotatable bonds is 3. The van der Waals surface area contributed by atoms with Crippen molar-refractivity contribution in [3.63, 3.8) is 0 Å². The van der Waals surface area contributed by atoms with Crippen LogP contribution in [-0.4, -0.2) is 42.9 Å². The lowest BCUT2D eigenvalue weighted by Gasteiger charge is -2.32. The van der Waals surface area contributed by atoms with Crippen LogP contribution in [0.3, 0.4) is 0 Å². The number of carbonyl (C=O) groups excluding carboxylic acids is 2. The van der Waals surface area contributed by atoms with Crippen LogP contribution in [0.1, 0.15) is 12.8 Å². The first kappa shape index (κ1) is 11.0. The Hall–Kier alpha value is -1.10. The summed E-state index contributed by atoms with van der Waals surface area (Å²) in [6.45, 7) is 0.971.